The maximum atomic E-state index is 12.6. The number of nitrogens with one attached hydrogen (secondary N) is 2. The number of hydrogen-bond acceptors (Lipinski definition) is 3. The zero-order valence-corrected chi connectivity index (χ0v) is 18.9. The van der Waals surface area contributed by atoms with Crippen molar-refractivity contribution >= 4 is 17.6 Å². The number of aliphatic imine (C=N–C) groups is 1. The normalized spacial score (nSPS) is 14.1. The zero-order chi connectivity index (χ0) is 21.2. The van der Waals surface area contributed by atoms with Crippen LogP contribution in [-0.2, 0) is 11.2 Å². The Morgan fingerprint density at radius 3 is 2.41 bits per heavy atom. The van der Waals surface area contributed by atoms with Crippen molar-refractivity contribution < 1.29 is 4.79 Å². The summed E-state index contributed by atoms with van der Waals surface area (Å²) in [5, 5.41) is 6.70. The molecule has 0 fully saturated rings. The predicted molar refractivity (Wildman–Crippen MR) is 123 cm³/mol. The van der Waals surface area contributed by atoms with Gasteiger partial charge < -0.3 is 15.5 Å². The van der Waals surface area contributed by atoms with Gasteiger partial charge in [0.15, 0.2) is 5.96 Å². The van der Waals surface area contributed by atoms with Gasteiger partial charge in [-0.3, -0.25) is 14.7 Å². The summed E-state index contributed by atoms with van der Waals surface area (Å²) in [6, 6.07) is 9.33. The van der Waals surface area contributed by atoms with Crippen LogP contribution >= 0.6 is 0 Å². The average Bonchev–Trinajstić information content (AvgIpc) is 3.12. The fourth-order valence-electron chi connectivity index (χ4n) is 3.98. The van der Waals surface area contributed by atoms with Crippen LogP contribution in [0.15, 0.2) is 29.3 Å². The highest BCUT2D eigenvalue weighted by atomic mass is 16.2. The van der Waals surface area contributed by atoms with E-state index in [9.17, 15) is 4.79 Å². The van der Waals surface area contributed by atoms with E-state index in [2.05, 4.69) is 54.3 Å². The third-order valence-corrected chi connectivity index (χ3v) is 5.48. The van der Waals surface area contributed by atoms with Crippen molar-refractivity contribution in [2.24, 2.45) is 4.99 Å². The Bertz CT molecular complexity index is 663. The van der Waals surface area contributed by atoms with Gasteiger partial charge in [0.25, 0.3) is 0 Å². The maximum Gasteiger partial charge on any atom is 0.227 e. The van der Waals surface area contributed by atoms with Crippen LogP contribution in [0, 0.1) is 0 Å². The van der Waals surface area contributed by atoms with E-state index in [0.29, 0.717) is 18.5 Å². The van der Waals surface area contributed by atoms with E-state index in [1.165, 1.54) is 5.56 Å². The molecule has 1 amide bonds. The highest BCUT2D eigenvalue weighted by Crippen LogP contribution is 2.27. The molecule has 6 heteroatoms. The van der Waals surface area contributed by atoms with Gasteiger partial charge in [-0.1, -0.05) is 18.2 Å². The first kappa shape index (κ1) is 23.2. The van der Waals surface area contributed by atoms with Gasteiger partial charge in [-0.2, -0.15) is 0 Å². The largest absolute Gasteiger partial charge is 0.356 e. The first-order valence-electron chi connectivity index (χ1n) is 11.0. The summed E-state index contributed by atoms with van der Waals surface area (Å²) in [5.74, 6) is 1.02. The molecule has 1 aromatic carbocycles. The quantitative estimate of drug-likeness (QED) is 0.359. The summed E-state index contributed by atoms with van der Waals surface area (Å²) in [5.41, 5.74) is 2.36. The highest BCUT2D eigenvalue weighted by molar-refractivity contribution is 5.95. The number of amides is 1. The second-order valence-corrected chi connectivity index (χ2v) is 8.23. The summed E-state index contributed by atoms with van der Waals surface area (Å²) in [4.78, 5) is 21.3. The standard InChI is InChI=1S/C23H39N5O/c1-18(2)27(19(3)4)16-9-15-26-23(24-5)25-14-8-12-22(29)28-17-13-20-10-6-7-11-21(20)28/h6-7,10-11,18-19H,8-9,12-17H2,1-5H3,(H2,24,25,26). The molecule has 0 radical (unpaired) electrons. The first-order valence-corrected chi connectivity index (χ1v) is 11.0. The summed E-state index contributed by atoms with van der Waals surface area (Å²) in [7, 11) is 1.79. The number of hydrogen-bond donors (Lipinski definition) is 2. The third-order valence-electron chi connectivity index (χ3n) is 5.48. The molecule has 162 valence electrons. The van der Waals surface area contributed by atoms with Gasteiger partial charge in [0.05, 0.1) is 0 Å². The molecular weight excluding hydrogens is 362 g/mol. The highest BCUT2D eigenvalue weighted by Gasteiger charge is 2.23. The van der Waals surface area contributed by atoms with Crippen LogP contribution in [-0.4, -0.2) is 62.1 Å². The molecule has 1 heterocycles. The van der Waals surface area contributed by atoms with Crippen molar-refractivity contribution in [2.45, 2.75) is 65.5 Å². The van der Waals surface area contributed by atoms with Crippen molar-refractivity contribution in [3.63, 3.8) is 0 Å². The molecule has 0 aliphatic carbocycles. The second-order valence-electron chi connectivity index (χ2n) is 8.23. The lowest BCUT2D eigenvalue weighted by Gasteiger charge is -2.30. The van der Waals surface area contributed by atoms with E-state index in [1.54, 1.807) is 7.05 Å². The number of para-hydroxylation sites is 1. The minimum atomic E-state index is 0.210. The number of fused-ring (bicyclic) bond motifs is 1. The smallest absolute Gasteiger partial charge is 0.227 e. The Kier molecular flexibility index (Phi) is 9.45. The Labute approximate surface area is 176 Å². The van der Waals surface area contributed by atoms with Crippen LogP contribution in [0.4, 0.5) is 5.69 Å². The average molecular weight is 402 g/mol. The Morgan fingerprint density at radius 2 is 1.76 bits per heavy atom. The molecule has 0 saturated carbocycles. The minimum absolute atomic E-state index is 0.210. The van der Waals surface area contributed by atoms with E-state index < -0.39 is 0 Å². The van der Waals surface area contributed by atoms with E-state index in [4.69, 9.17) is 0 Å². The second kappa shape index (κ2) is 11.8. The first-order chi connectivity index (χ1) is 13.9. The van der Waals surface area contributed by atoms with Gasteiger partial charge in [0.2, 0.25) is 5.91 Å². The van der Waals surface area contributed by atoms with E-state index in [-0.39, 0.29) is 5.91 Å². The molecule has 0 atom stereocenters. The number of nitrogens with zero attached hydrogens (tertiary/aromatic N) is 3. The van der Waals surface area contributed by atoms with Crippen LogP contribution in [0.25, 0.3) is 0 Å². The van der Waals surface area contributed by atoms with Crippen molar-refractivity contribution in [1.82, 2.24) is 15.5 Å². The molecule has 1 aromatic rings. The summed E-state index contributed by atoms with van der Waals surface area (Å²) in [6.45, 7) is 12.5. The fraction of sp³-hybridized carbons (Fsp3) is 0.652. The van der Waals surface area contributed by atoms with Gasteiger partial charge in [-0.05, 0) is 58.6 Å². The summed E-state index contributed by atoms with van der Waals surface area (Å²) >= 11 is 0. The lowest BCUT2D eigenvalue weighted by Crippen LogP contribution is -2.41. The Morgan fingerprint density at radius 1 is 1.10 bits per heavy atom. The molecule has 0 aromatic heterocycles. The van der Waals surface area contributed by atoms with Crippen LogP contribution < -0.4 is 15.5 Å². The molecule has 6 nitrogen and oxygen atoms in total. The van der Waals surface area contributed by atoms with Gasteiger partial charge in [0.1, 0.15) is 0 Å². The summed E-state index contributed by atoms with van der Waals surface area (Å²) < 4.78 is 0. The van der Waals surface area contributed by atoms with E-state index in [1.807, 2.05) is 23.1 Å². The lowest BCUT2D eigenvalue weighted by atomic mass is 10.2. The SMILES string of the molecule is CN=C(NCCCC(=O)N1CCc2ccccc21)NCCCN(C(C)C)C(C)C. The van der Waals surface area contributed by atoms with Crippen molar-refractivity contribution in [3.8, 4) is 0 Å². The van der Waals surface area contributed by atoms with Gasteiger partial charge in [-0.15, -0.1) is 0 Å². The minimum Gasteiger partial charge on any atom is -0.356 e. The molecule has 29 heavy (non-hydrogen) atoms. The van der Waals surface area contributed by atoms with Gasteiger partial charge in [0, 0.05) is 57.4 Å². The molecule has 2 rings (SSSR count). The number of carbonyl (C=O) groups excluding carboxylic acids is 1. The molecule has 1 aliphatic rings. The molecule has 0 saturated heterocycles. The number of rotatable bonds is 10. The van der Waals surface area contributed by atoms with Gasteiger partial charge >= 0.3 is 0 Å². The van der Waals surface area contributed by atoms with Crippen molar-refractivity contribution in [2.75, 3.05) is 38.1 Å². The number of anilines is 1. The predicted octanol–water partition coefficient (Wildman–Crippen LogP) is 3.03. The fourth-order valence-corrected chi connectivity index (χ4v) is 3.98. The topological polar surface area (TPSA) is 60.0 Å². The zero-order valence-electron chi connectivity index (χ0n) is 18.9. The number of benzene rings is 1. The van der Waals surface area contributed by atoms with Crippen LogP contribution in [0.1, 0.15) is 52.5 Å². The van der Waals surface area contributed by atoms with Gasteiger partial charge in [-0.25, -0.2) is 0 Å². The van der Waals surface area contributed by atoms with E-state index in [0.717, 1.165) is 57.1 Å². The number of guanidine groups is 1. The van der Waals surface area contributed by atoms with Crippen LogP contribution in [0.3, 0.4) is 0 Å². The van der Waals surface area contributed by atoms with Crippen LogP contribution in [0.5, 0.6) is 0 Å². The lowest BCUT2D eigenvalue weighted by molar-refractivity contribution is -0.118. The molecule has 0 bridgehead atoms. The molecular formula is C23H39N5O. The van der Waals surface area contributed by atoms with E-state index >= 15 is 0 Å². The van der Waals surface area contributed by atoms with Crippen LogP contribution in [0.2, 0.25) is 0 Å². The van der Waals surface area contributed by atoms with Crippen molar-refractivity contribution in [1.29, 1.82) is 0 Å². The Balaban J connectivity index is 1.63. The molecule has 2 N–H and O–H groups in total. The Hall–Kier alpha value is -2.08. The maximum absolute atomic E-state index is 12.6. The molecule has 0 spiro atoms. The molecule has 0 unspecified atom stereocenters. The third kappa shape index (κ3) is 7.03. The number of carbonyl (C=O) groups is 1. The summed E-state index contributed by atoms with van der Waals surface area (Å²) in [6.07, 6.45) is 3.38. The monoisotopic (exact) mass is 401 g/mol. The molecule has 1 aliphatic heterocycles. The van der Waals surface area contributed by atoms with Crippen molar-refractivity contribution in [3.05, 3.63) is 29.8 Å².